The molecule has 0 nitrogen and oxygen atoms in total. The summed E-state index contributed by atoms with van der Waals surface area (Å²) >= 11 is 0. The first-order chi connectivity index (χ1) is 5.07. The van der Waals surface area contributed by atoms with E-state index in [9.17, 15) is 0 Å². The summed E-state index contributed by atoms with van der Waals surface area (Å²) in [5.41, 5.74) is 1.09. The number of hydrogen-bond acceptors (Lipinski definition) is 0. The molecular weight excluding hydrogens is 131 g/mol. The van der Waals surface area contributed by atoms with E-state index in [0.717, 1.165) is 18.4 Å². The maximum absolute atomic E-state index is 5.86. The predicted octanol–water partition coefficient (Wildman–Crippen LogP) is 3.12. The summed E-state index contributed by atoms with van der Waals surface area (Å²) in [6.45, 7) is 11.9. The Labute approximate surface area is 71.8 Å². The largest absolute Gasteiger partial charge is 0.103 e. The Bertz CT molecular complexity index is 136. The molecule has 0 bridgehead atoms. The minimum absolute atomic E-state index is 0.146. The molecule has 11 heavy (non-hydrogen) atoms. The van der Waals surface area contributed by atoms with Gasteiger partial charge in [0.1, 0.15) is 0 Å². The molecule has 0 fully saturated rings. The molecule has 0 aromatic heterocycles. The Morgan fingerprint density at radius 1 is 1.55 bits per heavy atom. The van der Waals surface area contributed by atoms with Gasteiger partial charge in [-0.05, 0) is 12.3 Å². The van der Waals surface area contributed by atoms with Gasteiger partial charge in [-0.25, -0.2) is 0 Å². The molecule has 0 N–H and O–H groups in total. The van der Waals surface area contributed by atoms with Gasteiger partial charge in [0, 0.05) is 0 Å². The van der Waals surface area contributed by atoms with E-state index in [-0.39, 0.29) is 5.82 Å². The van der Waals surface area contributed by atoms with Gasteiger partial charge in [-0.2, -0.15) is 0 Å². The maximum atomic E-state index is 5.86. The second-order valence-electron chi connectivity index (χ2n) is 3.39. The highest BCUT2D eigenvalue weighted by molar-refractivity contribution is 6.13. The van der Waals surface area contributed by atoms with Crippen LogP contribution in [0.3, 0.4) is 0 Å². The van der Waals surface area contributed by atoms with E-state index in [1.807, 2.05) is 6.08 Å². The van der Waals surface area contributed by atoms with Crippen LogP contribution in [0.2, 0.25) is 5.82 Å². The minimum atomic E-state index is 0.146. The molecule has 1 unspecified atom stereocenters. The maximum Gasteiger partial charge on any atom is 0.0759 e. The van der Waals surface area contributed by atoms with Gasteiger partial charge in [0.05, 0.1) is 7.85 Å². The van der Waals surface area contributed by atoms with Gasteiger partial charge in [0.25, 0.3) is 0 Å². The average molecular weight is 148 g/mol. The lowest BCUT2D eigenvalue weighted by molar-refractivity contribution is 0.582. The zero-order valence-electron chi connectivity index (χ0n) is 7.64. The van der Waals surface area contributed by atoms with E-state index in [1.54, 1.807) is 0 Å². The molecule has 0 rings (SSSR count). The van der Waals surface area contributed by atoms with Crippen LogP contribution in [0.5, 0.6) is 0 Å². The van der Waals surface area contributed by atoms with Crippen molar-refractivity contribution in [3.8, 4) is 0 Å². The molecule has 0 aromatic rings. The van der Waals surface area contributed by atoms with Crippen LogP contribution < -0.4 is 0 Å². The molecule has 0 aliphatic carbocycles. The molecule has 0 saturated heterocycles. The molecule has 2 radical (unpaired) electrons. The number of rotatable bonds is 5. The molecule has 1 heteroatoms. The lowest BCUT2D eigenvalue weighted by atomic mass is 9.75. The molecule has 0 aliphatic heterocycles. The monoisotopic (exact) mass is 148 g/mol. The number of allylic oxidation sites excluding steroid dienone is 2. The van der Waals surface area contributed by atoms with Gasteiger partial charge >= 0.3 is 0 Å². The Balaban J connectivity index is 3.72. The fraction of sp³-hybridized carbons (Fsp3) is 0.600. The topological polar surface area (TPSA) is 0 Å². The van der Waals surface area contributed by atoms with Crippen molar-refractivity contribution in [1.82, 2.24) is 0 Å². The molecule has 0 spiro atoms. The zero-order valence-corrected chi connectivity index (χ0v) is 7.64. The quantitative estimate of drug-likeness (QED) is 0.415. The highest BCUT2D eigenvalue weighted by Gasteiger charge is 2.06. The van der Waals surface area contributed by atoms with Crippen LogP contribution in [-0.2, 0) is 0 Å². The average Bonchev–Trinajstić information content (AvgIpc) is 1.86. The van der Waals surface area contributed by atoms with Crippen LogP contribution >= 0.6 is 0 Å². The van der Waals surface area contributed by atoms with Gasteiger partial charge in [-0.1, -0.05) is 37.7 Å². The van der Waals surface area contributed by atoms with Crippen LogP contribution in [0.25, 0.3) is 0 Å². The summed E-state index contributed by atoms with van der Waals surface area (Å²) in [5, 5.41) is 0. The normalized spacial score (nSPS) is 13.0. The van der Waals surface area contributed by atoms with Gasteiger partial charge in [-0.15, -0.1) is 13.2 Å². The van der Waals surface area contributed by atoms with E-state index in [2.05, 4.69) is 27.0 Å². The van der Waals surface area contributed by atoms with Crippen LogP contribution in [0.1, 0.15) is 26.7 Å². The van der Waals surface area contributed by atoms with Gasteiger partial charge in [0.2, 0.25) is 0 Å². The fourth-order valence-corrected chi connectivity index (χ4v) is 1.01. The SMILES string of the molecule is [B]C(CC(C)C)C(=C)CC=C. The Kier molecular flexibility index (Phi) is 5.01. The van der Waals surface area contributed by atoms with E-state index in [1.165, 1.54) is 0 Å². The van der Waals surface area contributed by atoms with Crippen LogP contribution in [-0.4, -0.2) is 7.85 Å². The zero-order chi connectivity index (χ0) is 8.85. The van der Waals surface area contributed by atoms with E-state index >= 15 is 0 Å². The lowest BCUT2D eigenvalue weighted by Gasteiger charge is -2.15. The van der Waals surface area contributed by atoms with Crippen molar-refractivity contribution in [3.05, 3.63) is 24.8 Å². The van der Waals surface area contributed by atoms with Crippen LogP contribution in [0.4, 0.5) is 0 Å². The van der Waals surface area contributed by atoms with E-state index < -0.39 is 0 Å². The van der Waals surface area contributed by atoms with Gasteiger partial charge in [0.15, 0.2) is 0 Å². The Morgan fingerprint density at radius 3 is 2.45 bits per heavy atom. The summed E-state index contributed by atoms with van der Waals surface area (Å²) in [6, 6.07) is 0. The predicted molar refractivity (Wildman–Crippen MR) is 52.9 cm³/mol. The summed E-state index contributed by atoms with van der Waals surface area (Å²) in [6.07, 6.45) is 3.71. The molecule has 1 atom stereocenters. The van der Waals surface area contributed by atoms with Crippen molar-refractivity contribution < 1.29 is 0 Å². The third-order valence-corrected chi connectivity index (χ3v) is 1.66. The third-order valence-electron chi connectivity index (χ3n) is 1.66. The standard InChI is InChI=1S/C10H17B/c1-5-6-9(4)10(11)7-8(2)3/h5,8,10H,1,4,6-7H2,2-3H3. The second kappa shape index (κ2) is 5.23. The van der Waals surface area contributed by atoms with Crippen molar-refractivity contribution in [1.29, 1.82) is 0 Å². The summed E-state index contributed by atoms with van der Waals surface area (Å²) < 4.78 is 0. The minimum Gasteiger partial charge on any atom is -0.103 e. The van der Waals surface area contributed by atoms with E-state index in [4.69, 9.17) is 7.85 Å². The van der Waals surface area contributed by atoms with Crippen molar-refractivity contribution in [3.63, 3.8) is 0 Å². The summed E-state index contributed by atoms with van der Waals surface area (Å²) in [5.74, 6) is 0.791. The first-order valence-corrected chi connectivity index (χ1v) is 4.12. The smallest absolute Gasteiger partial charge is 0.0759 e. The molecular formula is C10H17B. The molecule has 0 heterocycles. The van der Waals surface area contributed by atoms with Gasteiger partial charge < -0.3 is 0 Å². The molecule has 0 aliphatic rings. The lowest BCUT2D eigenvalue weighted by Crippen LogP contribution is -2.00. The van der Waals surface area contributed by atoms with Crippen molar-refractivity contribution in [2.24, 2.45) is 5.92 Å². The highest BCUT2D eigenvalue weighted by atomic mass is 14.1. The van der Waals surface area contributed by atoms with Crippen LogP contribution in [0, 0.1) is 5.92 Å². The second-order valence-corrected chi connectivity index (χ2v) is 3.39. The van der Waals surface area contributed by atoms with Crippen LogP contribution in [0.15, 0.2) is 24.8 Å². The molecule has 60 valence electrons. The van der Waals surface area contributed by atoms with Gasteiger partial charge in [-0.3, -0.25) is 0 Å². The molecule has 0 aromatic carbocycles. The summed E-state index contributed by atoms with van der Waals surface area (Å²) in [4.78, 5) is 0. The Morgan fingerprint density at radius 2 is 2.09 bits per heavy atom. The summed E-state index contributed by atoms with van der Waals surface area (Å²) in [7, 11) is 5.86. The van der Waals surface area contributed by atoms with Crippen molar-refractivity contribution >= 4 is 7.85 Å². The van der Waals surface area contributed by atoms with Crippen molar-refractivity contribution in [2.45, 2.75) is 32.5 Å². The van der Waals surface area contributed by atoms with E-state index in [0.29, 0.717) is 5.92 Å². The van der Waals surface area contributed by atoms with Crippen molar-refractivity contribution in [2.75, 3.05) is 0 Å². The Hall–Kier alpha value is -0.455. The molecule has 0 saturated carbocycles. The first-order valence-electron chi connectivity index (χ1n) is 4.12. The first kappa shape index (κ1) is 10.5. The third kappa shape index (κ3) is 4.89. The number of hydrogen-bond donors (Lipinski definition) is 0. The molecule has 0 amide bonds. The fourth-order valence-electron chi connectivity index (χ4n) is 1.01. The highest BCUT2D eigenvalue weighted by Crippen LogP contribution is 2.23.